The average molecular weight is 707 g/mol. The first-order valence-electron chi connectivity index (χ1n) is 18.5. The van der Waals surface area contributed by atoms with E-state index in [0.29, 0.717) is 58.8 Å². The van der Waals surface area contributed by atoms with Crippen LogP contribution >= 0.6 is 0 Å². The van der Waals surface area contributed by atoms with Gasteiger partial charge in [0.15, 0.2) is 23.0 Å². The Bertz CT molecular complexity index is 1920. The second-order valence-corrected chi connectivity index (χ2v) is 14.1. The van der Waals surface area contributed by atoms with Crippen LogP contribution in [-0.2, 0) is 30.4 Å². The molecular weight excluding hydrogens is 656 g/mol. The molecule has 274 valence electrons. The van der Waals surface area contributed by atoms with Gasteiger partial charge in [-0.2, -0.15) is 0 Å². The number of likely N-dealkylation sites (N-methyl/N-ethyl adjacent to an activating group) is 2. The summed E-state index contributed by atoms with van der Waals surface area (Å²) in [5, 5.41) is 0. The lowest BCUT2D eigenvalue weighted by atomic mass is 9.87. The van der Waals surface area contributed by atoms with Gasteiger partial charge in [0.1, 0.15) is 17.1 Å². The summed E-state index contributed by atoms with van der Waals surface area (Å²) in [7, 11) is 9.33. The molecule has 0 spiro atoms. The molecule has 8 rings (SSSR count). The van der Waals surface area contributed by atoms with E-state index in [-0.39, 0.29) is 18.1 Å². The lowest BCUT2D eigenvalue weighted by molar-refractivity contribution is 0.0495. The van der Waals surface area contributed by atoms with Crippen molar-refractivity contribution in [1.29, 1.82) is 0 Å². The van der Waals surface area contributed by atoms with Crippen LogP contribution in [0.3, 0.4) is 0 Å². The second-order valence-electron chi connectivity index (χ2n) is 14.1. The molecule has 9 heteroatoms. The molecule has 0 aliphatic carbocycles. The van der Waals surface area contributed by atoms with Gasteiger partial charge in [-0.15, -0.1) is 0 Å². The first-order valence-corrected chi connectivity index (χ1v) is 18.5. The van der Waals surface area contributed by atoms with E-state index in [2.05, 4.69) is 61.2 Å². The van der Waals surface area contributed by atoms with Crippen molar-refractivity contribution in [2.45, 2.75) is 64.0 Å². The normalized spacial score (nSPS) is 18.3. The van der Waals surface area contributed by atoms with Crippen molar-refractivity contribution in [2.75, 3.05) is 55.1 Å². The van der Waals surface area contributed by atoms with Gasteiger partial charge in [0.05, 0.1) is 27.9 Å². The molecule has 6 bridgehead atoms. The minimum absolute atomic E-state index is 0.0843. The van der Waals surface area contributed by atoms with Crippen molar-refractivity contribution in [3.05, 3.63) is 99.6 Å². The van der Waals surface area contributed by atoms with Crippen LogP contribution in [0.1, 0.15) is 82.0 Å². The summed E-state index contributed by atoms with van der Waals surface area (Å²) in [6, 6.07) is 20.4. The summed E-state index contributed by atoms with van der Waals surface area (Å²) in [5.74, 6) is 3.86. The Hall–Kier alpha value is -4.73. The Morgan fingerprint density at radius 2 is 1.44 bits per heavy atom. The summed E-state index contributed by atoms with van der Waals surface area (Å²) < 4.78 is 37.3. The van der Waals surface area contributed by atoms with Gasteiger partial charge >= 0.3 is 5.97 Å². The number of nitrogens with zero attached hydrogens (tertiary/aromatic N) is 2. The van der Waals surface area contributed by atoms with Gasteiger partial charge < -0.3 is 28.4 Å². The maximum Gasteiger partial charge on any atom is 0.341 e. The minimum atomic E-state index is -0.379. The Morgan fingerprint density at radius 3 is 2.17 bits per heavy atom. The number of unbranched alkanes of at least 4 members (excludes halogenated alkanes) is 2. The van der Waals surface area contributed by atoms with Crippen LogP contribution < -0.4 is 23.7 Å². The van der Waals surface area contributed by atoms with E-state index in [1.165, 1.54) is 16.7 Å². The zero-order chi connectivity index (χ0) is 36.4. The number of carbonyl (C=O) groups excluding carboxylic acids is 1. The number of rotatable bonds is 8. The molecule has 0 unspecified atom stereocenters. The largest absolute Gasteiger partial charge is 0.493 e. The number of ether oxygens (including phenoxy) is 6. The van der Waals surface area contributed by atoms with Crippen molar-refractivity contribution < 1.29 is 33.2 Å². The highest BCUT2D eigenvalue weighted by atomic mass is 16.5. The minimum Gasteiger partial charge on any atom is -0.493 e. The van der Waals surface area contributed by atoms with Crippen LogP contribution in [0.5, 0.6) is 40.2 Å². The molecular formula is C43H50N2O7. The maximum atomic E-state index is 13.4. The second kappa shape index (κ2) is 15.5. The predicted octanol–water partition coefficient (Wildman–Crippen LogP) is 8.50. The van der Waals surface area contributed by atoms with E-state index < -0.39 is 0 Å². The molecule has 0 N–H and O–H groups in total. The quantitative estimate of drug-likeness (QED) is 0.132. The van der Waals surface area contributed by atoms with Gasteiger partial charge in [0.2, 0.25) is 5.75 Å². The Morgan fingerprint density at radius 1 is 0.750 bits per heavy atom. The first-order chi connectivity index (χ1) is 25.3. The summed E-state index contributed by atoms with van der Waals surface area (Å²) in [6.45, 7) is 4.29. The third-order valence-electron chi connectivity index (χ3n) is 10.9. The Balaban J connectivity index is 1.41. The molecule has 0 saturated heterocycles. The van der Waals surface area contributed by atoms with Crippen molar-refractivity contribution in [1.82, 2.24) is 9.80 Å². The first kappa shape index (κ1) is 35.7. The number of methoxy groups -OCH3 is 3. The van der Waals surface area contributed by atoms with Gasteiger partial charge in [0.25, 0.3) is 0 Å². The van der Waals surface area contributed by atoms with E-state index in [9.17, 15) is 4.79 Å². The van der Waals surface area contributed by atoms with Gasteiger partial charge in [-0.3, -0.25) is 9.80 Å². The Labute approximate surface area is 307 Å². The van der Waals surface area contributed by atoms with Crippen LogP contribution in [0.4, 0.5) is 0 Å². The molecule has 4 aliphatic heterocycles. The fourth-order valence-corrected chi connectivity index (χ4v) is 7.89. The molecule has 0 fully saturated rings. The predicted molar refractivity (Wildman–Crippen MR) is 201 cm³/mol. The highest BCUT2D eigenvalue weighted by molar-refractivity contribution is 5.92. The van der Waals surface area contributed by atoms with Crippen molar-refractivity contribution in [2.24, 2.45) is 0 Å². The molecule has 0 amide bonds. The maximum absolute atomic E-state index is 13.4. The smallest absolute Gasteiger partial charge is 0.341 e. The fraction of sp³-hybridized carbons (Fsp3) is 0.419. The average Bonchev–Trinajstić information content (AvgIpc) is 3.15. The van der Waals surface area contributed by atoms with Crippen molar-refractivity contribution in [3.63, 3.8) is 0 Å². The lowest BCUT2D eigenvalue weighted by Gasteiger charge is -2.37. The molecule has 4 heterocycles. The van der Waals surface area contributed by atoms with E-state index in [4.69, 9.17) is 28.4 Å². The van der Waals surface area contributed by atoms with Crippen molar-refractivity contribution >= 4 is 5.97 Å². The standard InChI is InChI=1S/C43H50N2O7/c1-7-8-9-20-50-43(46)32-15-12-28-22-35-40-30(17-19-45(35)3)25-39(48-5)41(49-6)42(40)52-38-26-33-29(24-37(38)47-4)16-18-44(2)34(33)21-27-10-13-31(14-11-27)51-36(32)23-28/h10-15,23-26,34-35H,7-9,16-22H2,1-6H3/t34-,35+/m0/s1. The number of hydrogen-bond donors (Lipinski definition) is 0. The molecule has 0 saturated carbocycles. The van der Waals surface area contributed by atoms with Crippen LogP contribution in [0.15, 0.2) is 60.7 Å². The Kier molecular flexibility index (Phi) is 10.6. The van der Waals surface area contributed by atoms with Gasteiger partial charge in [0, 0.05) is 30.7 Å². The zero-order valence-electron chi connectivity index (χ0n) is 31.3. The highest BCUT2D eigenvalue weighted by Crippen LogP contribution is 2.52. The van der Waals surface area contributed by atoms with Crippen LogP contribution in [0.25, 0.3) is 0 Å². The lowest BCUT2D eigenvalue weighted by Crippen LogP contribution is -2.34. The number of hydrogen-bond acceptors (Lipinski definition) is 9. The fourth-order valence-electron chi connectivity index (χ4n) is 7.89. The number of esters is 1. The van der Waals surface area contributed by atoms with E-state index >= 15 is 0 Å². The van der Waals surface area contributed by atoms with Gasteiger partial charge in [-0.1, -0.05) is 38.0 Å². The highest BCUT2D eigenvalue weighted by Gasteiger charge is 2.35. The molecule has 2 atom stereocenters. The number of benzene rings is 4. The van der Waals surface area contributed by atoms with E-state index in [1.54, 1.807) is 21.3 Å². The molecule has 4 aliphatic rings. The third-order valence-corrected chi connectivity index (χ3v) is 10.9. The number of fused-ring (bicyclic) bond motifs is 2. The zero-order valence-corrected chi connectivity index (χ0v) is 31.3. The van der Waals surface area contributed by atoms with Gasteiger partial charge in [-0.05, 0) is 116 Å². The van der Waals surface area contributed by atoms with Crippen LogP contribution in [0.2, 0.25) is 0 Å². The summed E-state index contributed by atoms with van der Waals surface area (Å²) in [6.07, 6.45) is 6.05. The summed E-state index contributed by atoms with van der Waals surface area (Å²) >= 11 is 0. The van der Waals surface area contributed by atoms with Crippen LogP contribution in [-0.4, -0.2) is 70.9 Å². The summed E-state index contributed by atoms with van der Waals surface area (Å²) in [5.41, 5.74) is 7.25. The van der Waals surface area contributed by atoms with Gasteiger partial charge in [-0.25, -0.2) is 4.79 Å². The molecule has 52 heavy (non-hydrogen) atoms. The van der Waals surface area contributed by atoms with E-state index in [0.717, 1.165) is 68.3 Å². The topological polar surface area (TPSA) is 78.9 Å². The molecule has 4 aromatic carbocycles. The van der Waals surface area contributed by atoms with E-state index in [1.807, 2.05) is 30.3 Å². The monoisotopic (exact) mass is 706 g/mol. The third kappa shape index (κ3) is 7.04. The molecule has 9 nitrogen and oxygen atoms in total. The summed E-state index contributed by atoms with van der Waals surface area (Å²) in [4.78, 5) is 18.2. The van der Waals surface area contributed by atoms with Crippen LogP contribution in [0, 0.1) is 0 Å². The molecule has 0 radical (unpaired) electrons. The number of carbonyl (C=O) groups is 1. The SMILES string of the molecule is CCCCCOC(=O)c1ccc2cc1Oc1ccc(cc1)C[C@H]1c3cc(c(OC)cc3CCN1C)Oc1c(OC)c(OC)cc3c1[C@@H](C2)N(C)CC3. The van der Waals surface area contributed by atoms with Crippen molar-refractivity contribution in [3.8, 4) is 40.2 Å². The molecule has 0 aromatic heterocycles. The molecule has 4 aromatic rings.